The van der Waals surface area contributed by atoms with Crippen molar-refractivity contribution in [1.29, 1.82) is 0 Å². The Balaban J connectivity index is 2.48. The molecule has 1 heterocycles. The summed E-state index contributed by atoms with van der Waals surface area (Å²) in [4.78, 5) is 14.3. The highest BCUT2D eigenvalue weighted by atomic mass is 16.5. The number of carbonyl (C=O) groups excluding carboxylic acids is 1. The van der Waals surface area contributed by atoms with Crippen molar-refractivity contribution in [1.82, 2.24) is 0 Å². The van der Waals surface area contributed by atoms with Gasteiger partial charge in [-0.3, -0.25) is 0 Å². The average Bonchev–Trinajstić information content (AvgIpc) is 3.02. The quantitative estimate of drug-likeness (QED) is 0.755. The Labute approximate surface area is 125 Å². The lowest BCUT2D eigenvalue weighted by atomic mass is 10.1. The van der Waals surface area contributed by atoms with Gasteiger partial charge in [-0.25, -0.2) is 4.79 Å². The van der Waals surface area contributed by atoms with Crippen LogP contribution in [0.3, 0.4) is 0 Å². The zero-order chi connectivity index (χ0) is 15.2. The van der Waals surface area contributed by atoms with E-state index in [1.54, 1.807) is 6.07 Å². The monoisotopic (exact) mass is 293 g/mol. The molecule has 1 fully saturated rings. The Morgan fingerprint density at radius 3 is 2.19 bits per heavy atom. The first kappa shape index (κ1) is 15.5. The minimum Gasteiger partial charge on any atom is -0.490 e. The Bertz CT molecular complexity index is 495. The molecule has 5 heteroatoms. The van der Waals surface area contributed by atoms with Crippen molar-refractivity contribution in [2.24, 2.45) is 0 Å². The summed E-state index contributed by atoms with van der Waals surface area (Å²) < 4.78 is 16.2. The van der Waals surface area contributed by atoms with Gasteiger partial charge in [0.2, 0.25) is 0 Å². The number of anilines is 1. The van der Waals surface area contributed by atoms with Crippen LogP contribution in [0.15, 0.2) is 12.1 Å². The molecule has 0 spiro atoms. The van der Waals surface area contributed by atoms with Crippen LogP contribution in [-0.4, -0.2) is 39.4 Å². The topological polar surface area (TPSA) is 48.0 Å². The summed E-state index contributed by atoms with van der Waals surface area (Å²) in [5.74, 6) is 0.914. The second kappa shape index (κ2) is 7.20. The third-order valence-electron chi connectivity index (χ3n) is 3.51. The summed E-state index contributed by atoms with van der Waals surface area (Å²) in [6.45, 7) is 6.80. The van der Waals surface area contributed by atoms with E-state index < -0.39 is 0 Å². The lowest BCUT2D eigenvalue weighted by Gasteiger charge is -2.23. The first-order valence-electron chi connectivity index (χ1n) is 7.48. The van der Waals surface area contributed by atoms with E-state index in [1.165, 1.54) is 7.11 Å². The van der Waals surface area contributed by atoms with Crippen molar-refractivity contribution < 1.29 is 19.0 Å². The van der Waals surface area contributed by atoms with Crippen LogP contribution in [0.4, 0.5) is 5.69 Å². The zero-order valence-corrected chi connectivity index (χ0v) is 13.0. The molecule has 0 aromatic heterocycles. The predicted octanol–water partition coefficient (Wildman–Crippen LogP) is 2.87. The van der Waals surface area contributed by atoms with Gasteiger partial charge in [-0.15, -0.1) is 0 Å². The highest BCUT2D eigenvalue weighted by Gasteiger charge is 2.23. The maximum Gasteiger partial charge on any atom is 0.340 e. The summed E-state index contributed by atoms with van der Waals surface area (Å²) in [5.41, 5.74) is 1.40. The summed E-state index contributed by atoms with van der Waals surface area (Å²) in [7, 11) is 1.40. The zero-order valence-electron chi connectivity index (χ0n) is 13.0. The van der Waals surface area contributed by atoms with E-state index in [1.807, 2.05) is 19.9 Å². The lowest BCUT2D eigenvalue weighted by Crippen LogP contribution is -2.21. The van der Waals surface area contributed by atoms with Crippen LogP contribution in [0.1, 0.15) is 37.0 Å². The van der Waals surface area contributed by atoms with Gasteiger partial charge in [0.15, 0.2) is 11.5 Å². The molecule has 1 saturated heterocycles. The molecule has 21 heavy (non-hydrogen) atoms. The maximum atomic E-state index is 12.1. The van der Waals surface area contributed by atoms with Crippen LogP contribution in [0.25, 0.3) is 0 Å². The number of nitrogens with zero attached hydrogens (tertiary/aromatic N) is 1. The van der Waals surface area contributed by atoms with Gasteiger partial charge in [0, 0.05) is 25.2 Å². The van der Waals surface area contributed by atoms with Gasteiger partial charge in [-0.1, -0.05) is 0 Å². The van der Waals surface area contributed by atoms with E-state index in [4.69, 9.17) is 14.2 Å². The van der Waals surface area contributed by atoms with Gasteiger partial charge in [-0.2, -0.15) is 0 Å². The molecule has 1 aromatic rings. The van der Waals surface area contributed by atoms with Gasteiger partial charge in [0.25, 0.3) is 0 Å². The van der Waals surface area contributed by atoms with E-state index in [9.17, 15) is 4.79 Å². The fraction of sp³-hybridized carbons (Fsp3) is 0.562. The minimum absolute atomic E-state index is 0.346. The number of hydrogen-bond donors (Lipinski definition) is 0. The Hall–Kier alpha value is -1.91. The molecule has 0 amide bonds. The number of benzene rings is 1. The van der Waals surface area contributed by atoms with Crippen molar-refractivity contribution in [2.75, 3.05) is 38.3 Å². The lowest BCUT2D eigenvalue weighted by molar-refractivity contribution is 0.0601. The number of carbonyl (C=O) groups is 1. The molecule has 1 aliphatic heterocycles. The fourth-order valence-corrected chi connectivity index (χ4v) is 2.58. The Kier molecular flexibility index (Phi) is 5.31. The number of hydrogen-bond acceptors (Lipinski definition) is 5. The van der Waals surface area contributed by atoms with Gasteiger partial charge in [-0.05, 0) is 26.7 Å². The predicted molar refractivity (Wildman–Crippen MR) is 81.6 cm³/mol. The molecule has 0 atom stereocenters. The molecule has 0 N–H and O–H groups in total. The third kappa shape index (κ3) is 3.40. The van der Waals surface area contributed by atoms with Gasteiger partial charge < -0.3 is 19.1 Å². The summed E-state index contributed by atoms with van der Waals surface area (Å²) in [5, 5.41) is 0. The van der Waals surface area contributed by atoms with Crippen LogP contribution in [0, 0.1) is 0 Å². The Morgan fingerprint density at radius 1 is 1.10 bits per heavy atom. The number of ether oxygens (including phenoxy) is 3. The van der Waals surface area contributed by atoms with Crippen molar-refractivity contribution in [2.45, 2.75) is 26.7 Å². The molecule has 2 rings (SSSR count). The van der Waals surface area contributed by atoms with Crippen LogP contribution < -0.4 is 14.4 Å². The second-order valence-corrected chi connectivity index (χ2v) is 4.87. The van der Waals surface area contributed by atoms with E-state index in [2.05, 4.69) is 4.90 Å². The normalized spacial score (nSPS) is 14.1. The van der Waals surface area contributed by atoms with Crippen LogP contribution in [0.2, 0.25) is 0 Å². The summed E-state index contributed by atoms with van der Waals surface area (Å²) >= 11 is 0. The number of methoxy groups -OCH3 is 1. The largest absolute Gasteiger partial charge is 0.490 e. The summed E-state index contributed by atoms with van der Waals surface area (Å²) in [6.07, 6.45) is 2.27. The van der Waals surface area contributed by atoms with E-state index in [0.717, 1.165) is 31.6 Å². The molecule has 1 aromatic carbocycles. The fourth-order valence-electron chi connectivity index (χ4n) is 2.58. The number of esters is 1. The smallest absolute Gasteiger partial charge is 0.340 e. The molecule has 0 saturated carbocycles. The van der Waals surface area contributed by atoms with Crippen LogP contribution in [-0.2, 0) is 4.74 Å². The SMILES string of the molecule is CCOc1cc(C(=O)OC)c(N2CCCC2)cc1OCC. The van der Waals surface area contributed by atoms with Crippen LogP contribution in [0.5, 0.6) is 11.5 Å². The third-order valence-corrected chi connectivity index (χ3v) is 3.51. The highest BCUT2D eigenvalue weighted by Crippen LogP contribution is 2.37. The highest BCUT2D eigenvalue weighted by molar-refractivity contribution is 5.97. The first-order chi connectivity index (χ1) is 10.2. The van der Waals surface area contributed by atoms with Gasteiger partial charge in [0.05, 0.1) is 31.6 Å². The summed E-state index contributed by atoms with van der Waals surface area (Å²) in [6, 6.07) is 3.63. The standard InChI is InChI=1S/C16H23NO4/c1-4-20-14-10-12(16(18)19-3)13(11-15(14)21-5-2)17-8-6-7-9-17/h10-11H,4-9H2,1-3H3. The minimum atomic E-state index is -0.346. The molecular formula is C16H23NO4. The van der Waals surface area contributed by atoms with E-state index in [0.29, 0.717) is 30.3 Å². The van der Waals surface area contributed by atoms with Gasteiger partial charge >= 0.3 is 5.97 Å². The molecule has 0 unspecified atom stereocenters. The van der Waals surface area contributed by atoms with Crippen molar-refractivity contribution in [3.05, 3.63) is 17.7 Å². The molecule has 0 radical (unpaired) electrons. The second-order valence-electron chi connectivity index (χ2n) is 4.87. The van der Waals surface area contributed by atoms with Gasteiger partial charge in [0.1, 0.15) is 0 Å². The van der Waals surface area contributed by atoms with E-state index in [-0.39, 0.29) is 5.97 Å². The molecule has 116 valence electrons. The van der Waals surface area contributed by atoms with E-state index >= 15 is 0 Å². The van der Waals surface area contributed by atoms with Crippen molar-refractivity contribution in [3.63, 3.8) is 0 Å². The van der Waals surface area contributed by atoms with Crippen molar-refractivity contribution >= 4 is 11.7 Å². The molecule has 1 aliphatic rings. The average molecular weight is 293 g/mol. The van der Waals surface area contributed by atoms with Crippen molar-refractivity contribution in [3.8, 4) is 11.5 Å². The molecule has 5 nitrogen and oxygen atoms in total. The van der Waals surface area contributed by atoms with Crippen LogP contribution >= 0.6 is 0 Å². The molecule has 0 aliphatic carbocycles. The molecule has 0 bridgehead atoms. The molecular weight excluding hydrogens is 270 g/mol. The maximum absolute atomic E-state index is 12.1. The number of rotatable bonds is 6. The first-order valence-corrected chi connectivity index (χ1v) is 7.48. The Morgan fingerprint density at radius 2 is 1.67 bits per heavy atom.